The minimum Gasteiger partial charge on any atom is -0.453 e. The fourth-order valence-electron chi connectivity index (χ4n) is 0.989. The van der Waals surface area contributed by atoms with Crippen LogP contribution < -0.4 is 5.32 Å². The monoisotopic (exact) mass is 276 g/mol. The minimum atomic E-state index is -0.474. The van der Waals surface area contributed by atoms with Crippen LogP contribution in [0, 0.1) is 0 Å². The Balaban J connectivity index is 3.02. The fourth-order valence-corrected chi connectivity index (χ4v) is 0.989. The second-order valence-electron chi connectivity index (χ2n) is 3.21. The van der Waals surface area contributed by atoms with Gasteiger partial charge in [-0.25, -0.2) is 4.79 Å². The van der Waals surface area contributed by atoms with Gasteiger partial charge in [0.25, 0.3) is 0 Å². The van der Waals surface area contributed by atoms with Crippen LogP contribution in [0.5, 0.6) is 0 Å². The van der Waals surface area contributed by atoms with E-state index in [1.807, 2.05) is 0 Å². The van der Waals surface area contributed by atoms with Crippen molar-refractivity contribution in [3.63, 3.8) is 0 Å². The van der Waals surface area contributed by atoms with E-state index in [2.05, 4.69) is 20.1 Å². The van der Waals surface area contributed by atoms with E-state index >= 15 is 0 Å². The summed E-state index contributed by atoms with van der Waals surface area (Å²) < 4.78 is 19.9. The van der Waals surface area contributed by atoms with Crippen LogP contribution in [-0.4, -0.2) is 65.9 Å². The van der Waals surface area contributed by atoms with Gasteiger partial charge < -0.3 is 24.3 Å². The Morgan fingerprint density at radius 3 is 2.26 bits per heavy atom. The maximum atomic E-state index is 10.7. The molecule has 0 aromatic heterocycles. The second kappa shape index (κ2) is 14.5. The average Bonchev–Trinajstić information content (AvgIpc) is 2.43. The summed E-state index contributed by atoms with van der Waals surface area (Å²) in [6.45, 7) is 3.33. The molecule has 0 aromatic carbocycles. The van der Waals surface area contributed by atoms with Crippen LogP contribution in [0.1, 0.15) is 0 Å². The quantitative estimate of drug-likeness (QED) is 0.244. The van der Waals surface area contributed by atoms with Gasteiger partial charge in [0.05, 0.1) is 46.8 Å². The van der Waals surface area contributed by atoms with E-state index in [-0.39, 0.29) is 0 Å². The normalized spacial score (nSPS) is 9.74. The molecule has 9 nitrogen and oxygen atoms in total. The molecule has 0 bridgehead atoms. The second-order valence-corrected chi connectivity index (χ2v) is 3.21. The number of alkyl carbamates (subject to hydrolysis) is 1. The van der Waals surface area contributed by atoms with Gasteiger partial charge in [-0.15, -0.1) is 0 Å². The lowest BCUT2D eigenvalue weighted by atomic mass is 10.6. The molecular weight excluding hydrogens is 256 g/mol. The van der Waals surface area contributed by atoms with E-state index in [1.54, 1.807) is 0 Å². The number of nitrogens with one attached hydrogen (secondary N) is 1. The van der Waals surface area contributed by atoms with Gasteiger partial charge in [-0.05, 0) is 5.53 Å². The SMILES string of the molecule is COC(=O)NCCOCCOCCOCCN=[N+]=[N-]. The highest BCUT2D eigenvalue weighted by atomic mass is 16.5. The molecule has 0 aliphatic heterocycles. The summed E-state index contributed by atoms with van der Waals surface area (Å²) in [4.78, 5) is 13.3. The molecule has 0 unspecified atom stereocenters. The smallest absolute Gasteiger partial charge is 0.406 e. The zero-order valence-electron chi connectivity index (χ0n) is 11.0. The third-order valence-corrected chi connectivity index (χ3v) is 1.84. The van der Waals surface area contributed by atoms with Gasteiger partial charge in [0.2, 0.25) is 0 Å². The van der Waals surface area contributed by atoms with Crippen molar-refractivity contribution in [3.8, 4) is 0 Å². The number of amides is 1. The van der Waals surface area contributed by atoms with Gasteiger partial charge >= 0.3 is 6.09 Å². The van der Waals surface area contributed by atoms with Crippen molar-refractivity contribution >= 4 is 6.09 Å². The number of carbonyl (C=O) groups is 1. The van der Waals surface area contributed by atoms with E-state index < -0.39 is 6.09 Å². The van der Waals surface area contributed by atoms with E-state index in [9.17, 15) is 4.79 Å². The molecule has 0 fully saturated rings. The van der Waals surface area contributed by atoms with Crippen molar-refractivity contribution in [1.82, 2.24) is 5.32 Å². The average molecular weight is 276 g/mol. The minimum absolute atomic E-state index is 0.326. The van der Waals surface area contributed by atoms with Gasteiger partial charge in [0.15, 0.2) is 0 Å². The molecule has 0 heterocycles. The van der Waals surface area contributed by atoms with Crippen LogP contribution in [-0.2, 0) is 18.9 Å². The summed E-state index contributed by atoms with van der Waals surface area (Å²) in [6, 6.07) is 0. The first kappa shape index (κ1) is 17.5. The Morgan fingerprint density at radius 1 is 1.11 bits per heavy atom. The zero-order valence-corrected chi connectivity index (χ0v) is 11.0. The molecule has 0 aliphatic rings. The van der Waals surface area contributed by atoms with Crippen molar-refractivity contribution in [2.45, 2.75) is 0 Å². The fraction of sp³-hybridized carbons (Fsp3) is 0.900. The van der Waals surface area contributed by atoms with Crippen LogP contribution in [0.4, 0.5) is 4.79 Å². The molecular formula is C10H20N4O5. The first-order valence-corrected chi connectivity index (χ1v) is 5.87. The van der Waals surface area contributed by atoms with Crippen molar-refractivity contribution in [1.29, 1.82) is 0 Å². The highest BCUT2D eigenvalue weighted by Crippen LogP contribution is 1.82. The molecule has 19 heavy (non-hydrogen) atoms. The van der Waals surface area contributed by atoms with Crippen molar-refractivity contribution in [2.75, 3.05) is 59.8 Å². The summed E-state index contributed by atoms with van der Waals surface area (Å²) in [5, 5.41) is 5.81. The summed E-state index contributed by atoms with van der Waals surface area (Å²) in [7, 11) is 1.30. The van der Waals surface area contributed by atoms with Crippen LogP contribution in [0.3, 0.4) is 0 Å². The van der Waals surface area contributed by atoms with E-state index in [4.69, 9.17) is 19.7 Å². The van der Waals surface area contributed by atoms with Gasteiger partial charge in [-0.1, -0.05) is 5.11 Å². The summed E-state index contributed by atoms with van der Waals surface area (Å²) in [5.41, 5.74) is 8.01. The number of methoxy groups -OCH3 is 1. The third-order valence-electron chi connectivity index (χ3n) is 1.84. The van der Waals surface area contributed by atoms with Gasteiger partial charge in [0.1, 0.15) is 0 Å². The molecule has 0 atom stereocenters. The van der Waals surface area contributed by atoms with Crippen molar-refractivity contribution < 1.29 is 23.7 Å². The van der Waals surface area contributed by atoms with E-state index in [1.165, 1.54) is 7.11 Å². The maximum absolute atomic E-state index is 10.7. The molecule has 1 amide bonds. The highest BCUT2D eigenvalue weighted by Gasteiger charge is 1.96. The molecule has 0 rings (SSSR count). The first-order valence-electron chi connectivity index (χ1n) is 5.87. The molecule has 0 saturated carbocycles. The highest BCUT2D eigenvalue weighted by molar-refractivity contribution is 5.66. The first-order chi connectivity index (χ1) is 9.31. The Kier molecular flexibility index (Phi) is 13.3. The van der Waals surface area contributed by atoms with Crippen LogP contribution in [0.2, 0.25) is 0 Å². The van der Waals surface area contributed by atoms with Crippen molar-refractivity contribution in [2.24, 2.45) is 5.11 Å². The number of hydrogen-bond donors (Lipinski definition) is 1. The zero-order chi connectivity index (χ0) is 14.2. The molecule has 9 heteroatoms. The molecule has 0 radical (unpaired) electrons. The Hall–Kier alpha value is -1.54. The number of hydrogen-bond acceptors (Lipinski definition) is 6. The molecule has 0 saturated heterocycles. The molecule has 110 valence electrons. The third kappa shape index (κ3) is 14.4. The van der Waals surface area contributed by atoms with Gasteiger partial charge in [0, 0.05) is 18.0 Å². The van der Waals surface area contributed by atoms with E-state index in [0.717, 1.165) is 0 Å². The number of carbonyl (C=O) groups excluding carboxylic acids is 1. The van der Waals surface area contributed by atoms with Crippen LogP contribution in [0.25, 0.3) is 10.4 Å². The largest absolute Gasteiger partial charge is 0.453 e. The predicted molar refractivity (Wildman–Crippen MR) is 66.9 cm³/mol. The Morgan fingerprint density at radius 2 is 1.68 bits per heavy atom. The molecule has 0 aliphatic carbocycles. The molecule has 0 aromatic rings. The van der Waals surface area contributed by atoms with Crippen molar-refractivity contribution in [3.05, 3.63) is 10.4 Å². The summed E-state index contributed by atoms with van der Waals surface area (Å²) >= 11 is 0. The van der Waals surface area contributed by atoms with Crippen LogP contribution >= 0.6 is 0 Å². The Labute approximate surface area is 111 Å². The molecule has 1 N–H and O–H groups in total. The number of nitrogens with zero attached hydrogens (tertiary/aromatic N) is 3. The van der Waals surface area contributed by atoms with E-state index in [0.29, 0.717) is 52.7 Å². The lowest BCUT2D eigenvalue weighted by Crippen LogP contribution is -2.27. The summed E-state index contributed by atoms with van der Waals surface area (Å²) in [5.74, 6) is 0. The number of rotatable bonds is 12. The summed E-state index contributed by atoms with van der Waals surface area (Å²) in [6.07, 6.45) is -0.474. The van der Waals surface area contributed by atoms with Gasteiger partial charge in [-0.2, -0.15) is 0 Å². The number of ether oxygens (including phenoxy) is 4. The van der Waals surface area contributed by atoms with Gasteiger partial charge in [-0.3, -0.25) is 0 Å². The Bertz CT molecular complexity index is 271. The molecule has 0 spiro atoms. The topological polar surface area (TPSA) is 115 Å². The lowest BCUT2D eigenvalue weighted by Gasteiger charge is -2.06. The maximum Gasteiger partial charge on any atom is 0.406 e. The number of azide groups is 1. The van der Waals surface area contributed by atoms with Crippen LogP contribution in [0.15, 0.2) is 5.11 Å². The predicted octanol–water partition coefficient (Wildman–Crippen LogP) is 0.702. The lowest BCUT2D eigenvalue weighted by molar-refractivity contribution is 0.0166. The standard InChI is InChI=1S/C10H20N4O5/c1-16-10(15)12-2-4-17-6-8-19-9-7-18-5-3-13-14-11/h2-9H2,1H3,(H,12,15).